The van der Waals surface area contributed by atoms with Gasteiger partial charge in [0.2, 0.25) is 0 Å². The minimum absolute atomic E-state index is 0.417. The van der Waals surface area contributed by atoms with E-state index in [1.54, 1.807) is 0 Å². The Balaban J connectivity index is 1.41. The van der Waals surface area contributed by atoms with Gasteiger partial charge >= 0.3 is 0 Å². The molecule has 0 amide bonds. The highest BCUT2D eigenvalue weighted by Crippen LogP contribution is 2.44. The normalized spacial score (nSPS) is 21.6. The summed E-state index contributed by atoms with van der Waals surface area (Å²) in [6.07, 6.45) is 5.55. The number of hydrogen-bond acceptors (Lipinski definition) is 4. The first-order valence-electron chi connectivity index (χ1n) is 10.3. The van der Waals surface area contributed by atoms with Gasteiger partial charge in [-0.2, -0.15) is 5.10 Å². The Morgan fingerprint density at radius 2 is 2.07 bits per heavy atom. The molecule has 2 aliphatic heterocycles. The van der Waals surface area contributed by atoms with E-state index in [0.717, 1.165) is 36.4 Å². The van der Waals surface area contributed by atoms with Crippen LogP contribution in [-0.2, 0) is 19.5 Å². The fourth-order valence-corrected chi connectivity index (χ4v) is 5.31. The van der Waals surface area contributed by atoms with E-state index in [2.05, 4.69) is 57.4 Å². The molecule has 2 aliphatic rings. The molecule has 142 valence electrons. The molecule has 28 heavy (non-hydrogen) atoms. The second kappa shape index (κ2) is 5.88. The van der Waals surface area contributed by atoms with E-state index in [-0.39, 0.29) is 0 Å². The summed E-state index contributed by atoms with van der Waals surface area (Å²) in [4.78, 5) is 12.3. The Morgan fingerprint density at radius 3 is 2.96 bits per heavy atom. The van der Waals surface area contributed by atoms with Crippen molar-refractivity contribution < 1.29 is 0 Å². The van der Waals surface area contributed by atoms with Gasteiger partial charge in [-0.25, -0.2) is 14.5 Å². The number of hydrogen-bond donors (Lipinski definition) is 0. The summed E-state index contributed by atoms with van der Waals surface area (Å²) in [5.41, 5.74) is 7.04. The zero-order valence-electron chi connectivity index (χ0n) is 16.3. The summed E-state index contributed by atoms with van der Waals surface area (Å²) in [6, 6.07) is 11.5. The van der Waals surface area contributed by atoms with Crippen molar-refractivity contribution >= 4 is 16.7 Å². The molecule has 6 heteroatoms. The van der Waals surface area contributed by atoms with Gasteiger partial charge in [-0.3, -0.25) is 4.90 Å². The number of benzene rings is 1. The van der Waals surface area contributed by atoms with Crippen LogP contribution in [0.2, 0.25) is 0 Å². The highest BCUT2D eigenvalue weighted by molar-refractivity contribution is 5.75. The molecule has 0 radical (unpaired) electrons. The minimum Gasteiger partial charge on any atom is -0.327 e. The van der Waals surface area contributed by atoms with Gasteiger partial charge < -0.3 is 4.57 Å². The molecule has 0 aliphatic carbocycles. The lowest BCUT2D eigenvalue weighted by atomic mass is 9.99. The van der Waals surface area contributed by atoms with Crippen molar-refractivity contribution in [3.8, 4) is 0 Å². The number of aromatic nitrogens is 5. The number of aryl methyl sites for hydroxylation is 2. The lowest BCUT2D eigenvalue weighted by Gasteiger charge is -2.35. The summed E-state index contributed by atoms with van der Waals surface area (Å²) in [7, 11) is 0. The van der Waals surface area contributed by atoms with Gasteiger partial charge in [0.05, 0.1) is 29.0 Å². The molecular weight excluding hydrogens is 348 g/mol. The van der Waals surface area contributed by atoms with Crippen LogP contribution in [0, 0.1) is 6.92 Å². The standard InChI is InChI=1S/C22H24N6/c1-3-26-19-7-5-4-6-17(19)24-22(26)13-27-15-8-9-18(27)16-12-23-21-10-14(2)25-28(21)20(16)11-15/h4-7,10,12,15,18H,3,8-9,11,13H2,1-2H3/t15-,18-/m1/s1. The predicted molar refractivity (Wildman–Crippen MR) is 108 cm³/mol. The quantitative estimate of drug-likeness (QED) is 0.551. The molecule has 1 saturated heterocycles. The van der Waals surface area contributed by atoms with Crippen LogP contribution in [0.3, 0.4) is 0 Å². The molecule has 2 atom stereocenters. The molecular formula is C22H24N6. The van der Waals surface area contributed by atoms with Crippen molar-refractivity contribution in [2.45, 2.75) is 58.3 Å². The zero-order chi connectivity index (χ0) is 18.8. The van der Waals surface area contributed by atoms with E-state index in [4.69, 9.17) is 15.1 Å². The first-order chi connectivity index (χ1) is 13.7. The third-order valence-electron chi connectivity index (χ3n) is 6.54. The third kappa shape index (κ3) is 2.21. The molecule has 3 aromatic heterocycles. The first-order valence-corrected chi connectivity index (χ1v) is 10.3. The molecule has 1 fully saturated rings. The Labute approximate surface area is 163 Å². The van der Waals surface area contributed by atoms with Gasteiger partial charge in [-0.05, 0) is 38.8 Å². The van der Waals surface area contributed by atoms with Gasteiger partial charge in [0, 0.05) is 42.9 Å². The molecule has 4 aromatic rings. The number of para-hydroxylation sites is 2. The highest BCUT2D eigenvalue weighted by atomic mass is 15.3. The first kappa shape index (κ1) is 16.2. The predicted octanol–water partition coefficient (Wildman–Crippen LogP) is 3.67. The van der Waals surface area contributed by atoms with Crippen LogP contribution in [0.15, 0.2) is 36.5 Å². The molecule has 0 N–H and O–H groups in total. The number of fused-ring (bicyclic) bond motifs is 7. The maximum Gasteiger partial charge on any atom is 0.155 e. The van der Waals surface area contributed by atoms with Crippen molar-refractivity contribution in [1.29, 1.82) is 0 Å². The number of nitrogens with zero attached hydrogens (tertiary/aromatic N) is 6. The van der Waals surface area contributed by atoms with E-state index in [0.29, 0.717) is 12.1 Å². The Kier molecular flexibility index (Phi) is 3.41. The molecule has 2 bridgehead atoms. The molecule has 6 rings (SSSR count). The molecule has 5 heterocycles. The lowest BCUT2D eigenvalue weighted by Crippen LogP contribution is -2.38. The van der Waals surface area contributed by atoms with Gasteiger partial charge in [0.1, 0.15) is 5.82 Å². The van der Waals surface area contributed by atoms with Gasteiger partial charge in [-0.1, -0.05) is 12.1 Å². The number of imidazole rings is 1. The van der Waals surface area contributed by atoms with Crippen LogP contribution in [0.1, 0.15) is 48.6 Å². The summed E-state index contributed by atoms with van der Waals surface area (Å²) < 4.78 is 4.44. The van der Waals surface area contributed by atoms with E-state index in [1.165, 1.54) is 35.4 Å². The van der Waals surface area contributed by atoms with Crippen LogP contribution < -0.4 is 0 Å². The Morgan fingerprint density at radius 1 is 1.18 bits per heavy atom. The molecule has 0 saturated carbocycles. The second-order valence-electron chi connectivity index (χ2n) is 8.10. The van der Waals surface area contributed by atoms with E-state index in [1.807, 2.05) is 6.92 Å². The highest BCUT2D eigenvalue weighted by Gasteiger charge is 2.41. The van der Waals surface area contributed by atoms with Crippen LogP contribution in [-0.4, -0.2) is 35.1 Å². The topological polar surface area (TPSA) is 51.2 Å². The maximum absolute atomic E-state index is 4.97. The number of rotatable bonds is 3. The fraction of sp³-hybridized carbons (Fsp3) is 0.409. The summed E-state index contributed by atoms with van der Waals surface area (Å²) >= 11 is 0. The van der Waals surface area contributed by atoms with Gasteiger partial charge in [0.25, 0.3) is 0 Å². The summed E-state index contributed by atoms with van der Waals surface area (Å²) in [6.45, 7) is 6.09. The second-order valence-corrected chi connectivity index (χ2v) is 8.10. The third-order valence-corrected chi connectivity index (χ3v) is 6.54. The smallest absolute Gasteiger partial charge is 0.155 e. The van der Waals surface area contributed by atoms with Crippen LogP contribution >= 0.6 is 0 Å². The van der Waals surface area contributed by atoms with Crippen molar-refractivity contribution in [2.75, 3.05) is 0 Å². The fourth-order valence-electron chi connectivity index (χ4n) is 5.31. The van der Waals surface area contributed by atoms with Crippen LogP contribution in [0.5, 0.6) is 0 Å². The van der Waals surface area contributed by atoms with E-state index < -0.39 is 0 Å². The van der Waals surface area contributed by atoms with Gasteiger partial charge in [-0.15, -0.1) is 0 Å². The average Bonchev–Trinajstić information content (AvgIpc) is 3.33. The van der Waals surface area contributed by atoms with E-state index >= 15 is 0 Å². The molecule has 0 unspecified atom stereocenters. The van der Waals surface area contributed by atoms with Gasteiger partial charge in [0.15, 0.2) is 5.65 Å². The average molecular weight is 372 g/mol. The van der Waals surface area contributed by atoms with Crippen LogP contribution in [0.4, 0.5) is 0 Å². The molecule has 6 nitrogen and oxygen atoms in total. The van der Waals surface area contributed by atoms with Crippen molar-refractivity contribution in [3.05, 3.63) is 59.3 Å². The SMILES string of the molecule is CCn1c(CN2[C@@H]3CC[C@@H]2c2cnc4cc(C)nn4c2C3)nc2ccccc21. The van der Waals surface area contributed by atoms with Crippen LogP contribution in [0.25, 0.3) is 16.7 Å². The minimum atomic E-state index is 0.417. The monoisotopic (exact) mass is 372 g/mol. The lowest BCUT2D eigenvalue weighted by molar-refractivity contribution is 0.159. The van der Waals surface area contributed by atoms with Crippen molar-refractivity contribution in [3.63, 3.8) is 0 Å². The Hall–Kier alpha value is -2.73. The summed E-state index contributed by atoms with van der Waals surface area (Å²) in [5.74, 6) is 1.17. The van der Waals surface area contributed by atoms with Crippen molar-refractivity contribution in [2.24, 2.45) is 0 Å². The van der Waals surface area contributed by atoms with E-state index in [9.17, 15) is 0 Å². The largest absolute Gasteiger partial charge is 0.327 e. The Bertz CT molecular complexity index is 1200. The zero-order valence-corrected chi connectivity index (χ0v) is 16.3. The summed E-state index contributed by atoms with van der Waals surface area (Å²) in [5, 5.41) is 4.71. The van der Waals surface area contributed by atoms with Crippen molar-refractivity contribution in [1.82, 2.24) is 29.0 Å². The molecule has 1 aromatic carbocycles. The maximum atomic E-state index is 4.97. The molecule has 0 spiro atoms.